The van der Waals surface area contributed by atoms with Crippen molar-refractivity contribution in [2.75, 3.05) is 12.4 Å². The first-order valence-electron chi connectivity index (χ1n) is 5.30. The Balaban J connectivity index is 2.00. The van der Waals surface area contributed by atoms with Crippen LogP contribution in [0.4, 0.5) is 5.69 Å². The number of pyridine rings is 1. The lowest BCUT2D eigenvalue weighted by atomic mass is 10.0. The number of rotatable bonds is 3. The number of anilines is 1. The number of aromatic nitrogens is 1. The third-order valence-electron chi connectivity index (χ3n) is 2.58. The maximum absolute atomic E-state index is 5.08. The summed E-state index contributed by atoms with van der Waals surface area (Å²) in [6.07, 6.45) is 9.70. The van der Waals surface area contributed by atoms with Gasteiger partial charge in [-0.3, -0.25) is 0 Å². The summed E-state index contributed by atoms with van der Waals surface area (Å²) >= 11 is 0. The molecule has 1 aromatic heterocycles. The zero-order valence-corrected chi connectivity index (χ0v) is 8.94. The molecule has 0 saturated heterocycles. The second kappa shape index (κ2) is 4.82. The minimum Gasteiger partial charge on any atom is -0.481 e. The molecule has 0 spiro atoms. The van der Waals surface area contributed by atoms with E-state index in [4.69, 9.17) is 4.74 Å². The number of hydrogen-bond donors (Lipinski definition) is 1. The van der Waals surface area contributed by atoms with Gasteiger partial charge >= 0.3 is 0 Å². The largest absolute Gasteiger partial charge is 0.481 e. The lowest BCUT2D eigenvalue weighted by Crippen LogP contribution is -2.20. The highest BCUT2D eigenvalue weighted by Gasteiger charge is 2.09. The van der Waals surface area contributed by atoms with Crippen LogP contribution in [-0.4, -0.2) is 18.1 Å². The van der Waals surface area contributed by atoms with Gasteiger partial charge in [-0.15, -0.1) is 0 Å². The minimum absolute atomic E-state index is 0.544. The van der Waals surface area contributed by atoms with Crippen LogP contribution in [0.5, 0.6) is 5.88 Å². The molecule has 2 rings (SSSR count). The molecule has 0 aliphatic heterocycles. The summed E-state index contributed by atoms with van der Waals surface area (Å²) < 4.78 is 5.08. The second-order valence-corrected chi connectivity index (χ2v) is 3.71. The van der Waals surface area contributed by atoms with Crippen molar-refractivity contribution in [1.29, 1.82) is 0 Å². The Kier molecular flexibility index (Phi) is 3.22. The third-order valence-corrected chi connectivity index (χ3v) is 2.58. The van der Waals surface area contributed by atoms with E-state index in [0.29, 0.717) is 11.9 Å². The van der Waals surface area contributed by atoms with Crippen molar-refractivity contribution in [3.63, 3.8) is 0 Å². The van der Waals surface area contributed by atoms with Gasteiger partial charge in [0.25, 0.3) is 0 Å². The maximum Gasteiger partial charge on any atom is 0.214 e. The summed E-state index contributed by atoms with van der Waals surface area (Å²) in [5.41, 5.74) is 1.09. The van der Waals surface area contributed by atoms with Crippen LogP contribution in [0.15, 0.2) is 30.5 Å². The Morgan fingerprint density at radius 2 is 2.40 bits per heavy atom. The molecule has 15 heavy (non-hydrogen) atoms. The molecular weight excluding hydrogens is 188 g/mol. The SMILES string of the molecule is COc1cc(NC2CC=CCC2)ccn1. The van der Waals surface area contributed by atoms with Crippen molar-refractivity contribution in [1.82, 2.24) is 4.98 Å². The Morgan fingerprint density at radius 1 is 1.47 bits per heavy atom. The Hall–Kier alpha value is -1.51. The summed E-state index contributed by atoms with van der Waals surface area (Å²) in [4.78, 5) is 4.07. The van der Waals surface area contributed by atoms with Crippen LogP contribution in [-0.2, 0) is 0 Å². The fourth-order valence-corrected chi connectivity index (χ4v) is 1.77. The Bertz CT molecular complexity index is 349. The standard InChI is InChI=1S/C12H16N2O/c1-15-12-9-11(7-8-13-12)14-10-5-3-2-4-6-10/h2-3,7-10H,4-6H2,1H3,(H,13,14). The summed E-state index contributed by atoms with van der Waals surface area (Å²) in [7, 11) is 1.63. The van der Waals surface area contributed by atoms with Gasteiger partial charge in [0.15, 0.2) is 0 Å². The highest BCUT2D eigenvalue weighted by atomic mass is 16.5. The summed E-state index contributed by atoms with van der Waals surface area (Å²) in [6, 6.07) is 4.45. The van der Waals surface area contributed by atoms with E-state index < -0.39 is 0 Å². The quantitative estimate of drug-likeness (QED) is 0.768. The molecule has 1 atom stereocenters. The van der Waals surface area contributed by atoms with Crippen LogP contribution >= 0.6 is 0 Å². The molecule has 1 heterocycles. The lowest BCUT2D eigenvalue weighted by Gasteiger charge is -2.20. The van der Waals surface area contributed by atoms with E-state index in [-0.39, 0.29) is 0 Å². The van der Waals surface area contributed by atoms with Crippen LogP contribution < -0.4 is 10.1 Å². The number of hydrogen-bond acceptors (Lipinski definition) is 3. The fraction of sp³-hybridized carbons (Fsp3) is 0.417. The average Bonchev–Trinajstić information content (AvgIpc) is 2.31. The maximum atomic E-state index is 5.08. The third kappa shape index (κ3) is 2.72. The monoisotopic (exact) mass is 204 g/mol. The smallest absolute Gasteiger partial charge is 0.214 e. The lowest BCUT2D eigenvalue weighted by molar-refractivity contribution is 0.398. The van der Waals surface area contributed by atoms with Gasteiger partial charge in [-0.25, -0.2) is 4.98 Å². The molecule has 1 aliphatic rings. The molecule has 0 saturated carbocycles. The van der Waals surface area contributed by atoms with Gasteiger partial charge in [-0.1, -0.05) is 12.2 Å². The second-order valence-electron chi connectivity index (χ2n) is 3.71. The first kappa shape index (κ1) is 10.0. The van der Waals surface area contributed by atoms with E-state index in [0.717, 1.165) is 12.1 Å². The molecule has 1 N–H and O–H groups in total. The van der Waals surface area contributed by atoms with Gasteiger partial charge in [0.05, 0.1) is 7.11 Å². The molecule has 0 amide bonds. The summed E-state index contributed by atoms with van der Waals surface area (Å²) in [6.45, 7) is 0. The molecule has 80 valence electrons. The van der Waals surface area contributed by atoms with Gasteiger partial charge in [0, 0.05) is 24.0 Å². The molecule has 1 aliphatic carbocycles. The molecule has 0 radical (unpaired) electrons. The van der Waals surface area contributed by atoms with Crippen molar-refractivity contribution in [3.05, 3.63) is 30.5 Å². The van der Waals surface area contributed by atoms with Crippen LogP contribution in [0, 0.1) is 0 Å². The first-order valence-corrected chi connectivity index (χ1v) is 5.30. The van der Waals surface area contributed by atoms with E-state index in [1.807, 2.05) is 12.1 Å². The van der Waals surface area contributed by atoms with Gasteiger partial charge in [-0.05, 0) is 25.3 Å². The number of allylic oxidation sites excluding steroid dienone is 1. The molecular formula is C12H16N2O. The molecule has 1 unspecified atom stereocenters. The fourth-order valence-electron chi connectivity index (χ4n) is 1.77. The number of methoxy groups -OCH3 is 1. The van der Waals surface area contributed by atoms with Crippen LogP contribution in [0.1, 0.15) is 19.3 Å². The van der Waals surface area contributed by atoms with Crippen LogP contribution in [0.2, 0.25) is 0 Å². The predicted octanol–water partition coefficient (Wildman–Crippen LogP) is 2.61. The summed E-state index contributed by atoms with van der Waals surface area (Å²) in [5, 5.41) is 3.48. The molecule has 3 heteroatoms. The van der Waals surface area contributed by atoms with Crippen molar-refractivity contribution in [3.8, 4) is 5.88 Å². The number of ether oxygens (including phenoxy) is 1. The Labute approximate surface area is 90.2 Å². The topological polar surface area (TPSA) is 34.1 Å². The van der Waals surface area contributed by atoms with Crippen molar-refractivity contribution < 1.29 is 4.74 Å². The first-order chi connectivity index (χ1) is 7.38. The number of nitrogens with zero attached hydrogens (tertiary/aromatic N) is 1. The highest BCUT2D eigenvalue weighted by molar-refractivity contribution is 5.46. The van der Waals surface area contributed by atoms with E-state index >= 15 is 0 Å². The number of nitrogens with one attached hydrogen (secondary N) is 1. The van der Waals surface area contributed by atoms with E-state index in [1.165, 1.54) is 12.8 Å². The zero-order chi connectivity index (χ0) is 10.5. The summed E-state index contributed by atoms with van der Waals surface area (Å²) in [5.74, 6) is 0.659. The van der Waals surface area contributed by atoms with Crippen molar-refractivity contribution in [2.45, 2.75) is 25.3 Å². The van der Waals surface area contributed by atoms with Gasteiger partial charge < -0.3 is 10.1 Å². The predicted molar refractivity (Wildman–Crippen MR) is 61.2 cm³/mol. The van der Waals surface area contributed by atoms with E-state index in [2.05, 4.69) is 22.5 Å². The Morgan fingerprint density at radius 3 is 3.13 bits per heavy atom. The van der Waals surface area contributed by atoms with Crippen molar-refractivity contribution >= 4 is 5.69 Å². The van der Waals surface area contributed by atoms with Crippen LogP contribution in [0.25, 0.3) is 0 Å². The molecule has 1 aromatic rings. The van der Waals surface area contributed by atoms with Gasteiger partial charge in [-0.2, -0.15) is 0 Å². The van der Waals surface area contributed by atoms with E-state index in [9.17, 15) is 0 Å². The average molecular weight is 204 g/mol. The molecule has 0 fully saturated rings. The molecule has 0 bridgehead atoms. The minimum atomic E-state index is 0.544. The molecule has 3 nitrogen and oxygen atoms in total. The van der Waals surface area contributed by atoms with Crippen molar-refractivity contribution in [2.24, 2.45) is 0 Å². The zero-order valence-electron chi connectivity index (χ0n) is 8.94. The van der Waals surface area contributed by atoms with E-state index in [1.54, 1.807) is 13.3 Å². The van der Waals surface area contributed by atoms with Crippen LogP contribution in [0.3, 0.4) is 0 Å². The normalized spacial score (nSPS) is 19.9. The molecule has 0 aromatic carbocycles. The highest BCUT2D eigenvalue weighted by Crippen LogP contribution is 2.19. The van der Waals surface area contributed by atoms with Gasteiger partial charge in [0.1, 0.15) is 0 Å². The van der Waals surface area contributed by atoms with Gasteiger partial charge in [0.2, 0.25) is 5.88 Å².